The Labute approximate surface area is 163 Å². The molecular formula is C18H16N6OS2. The van der Waals surface area contributed by atoms with E-state index in [4.69, 9.17) is 0 Å². The van der Waals surface area contributed by atoms with Crippen molar-refractivity contribution in [2.24, 2.45) is 0 Å². The molecule has 0 aliphatic carbocycles. The number of carbonyl (C=O) groups is 1. The first-order valence-electron chi connectivity index (χ1n) is 8.23. The molecule has 3 aromatic heterocycles. The number of thiazole rings is 1. The van der Waals surface area contributed by atoms with Crippen molar-refractivity contribution >= 4 is 39.8 Å². The van der Waals surface area contributed by atoms with Crippen LogP contribution < -0.4 is 5.32 Å². The molecule has 0 atom stereocenters. The Hall–Kier alpha value is -2.78. The van der Waals surface area contributed by atoms with Gasteiger partial charge in [0.25, 0.3) is 0 Å². The van der Waals surface area contributed by atoms with Gasteiger partial charge in [0, 0.05) is 10.9 Å². The van der Waals surface area contributed by atoms with E-state index >= 15 is 0 Å². The number of amides is 1. The van der Waals surface area contributed by atoms with Crippen molar-refractivity contribution in [2.45, 2.75) is 19.0 Å². The number of fused-ring (bicyclic) bond motifs is 1. The molecule has 0 unspecified atom stereocenters. The lowest BCUT2D eigenvalue weighted by molar-refractivity contribution is -0.113. The summed E-state index contributed by atoms with van der Waals surface area (Å²) in [4.78, 5) is 16.4. The minimum atomic E-state index is -0.138. The summed E-state index contributed by atoms with van der Waals surface area (Å²) in [7, 11) is 0. The van der Waals surface area contributed by atoms with Gasteiger partial charge in [0.1, 0.15) is 0 Å². The van der Waals surface area contributed by atoms with Crippen LogP contribution in [0.5, 0.6) is 0 Å². The zero-order valence-electron chi connectivity index (χ0n) is 14.7. The van der Waals surface area contributed by atoms with Crippen molar-refractivity contribution in [3.63, 3.8) is 0 Å². The van der Waals surface area contributed by atoms with Gasteiger partial charge in [-0.1, -0.05) is 41.6 Å². The van der Waals surface area contributed by atoms with Crippen LogP contribution in [0.2, 0.25) is 0 Å². The SMILES string of the molecule is Cc1ccc(-c2ccc3nnc(SCC(=O)Nc4nc(C)cs4)n3n2)cc1. The lowest BCUT2D eigenvalue weighted by atomic mass is 10.1. The summed E-state index contributed by atoms with van der Waals surface area (Å²) in [5, 5.41) is 18.8. The van der Waals surface area contributed by atoms with Crippen LogP contribution in [0.4, 0.5) is 5.13 Å². The van der Waals surface area contributed by atoms with E-state index in [2.05, 4.69) is 25.6 Å². The highest BCUT2D eigenvalue weighted by atomic mass is 32.2. The number of benzene rings is 1. The molecule has 4 rings (SSSR count). The predicted octanol–water partition coefficient (Wildman–Crippen LogP) is 3.60. The lowest BCUT2D eigenvalue weighted by Gasteiger charge is -2.04. The van der Waals surface area contributed by atoms with Crippen LogP contribution >= 0.6 is 23.1 Å². The first kappa shape index (κ1) is 17.6. The third kappa shape index (κ3) is 3.99. The van der Waals surface area contributed by atoms with Crippen LogP contribution in [0.25, 0.3) is 16.9 Å². The molecule has 9 heteroatoms. The van der Waals surface area contributed by atoms with Crippen LogP contribution in [-0.2, 0) is 4.79 Å². The van der Waals surface area contributed by atoms with Gasteiger partial charge in [0.2, 0.25) is 11.1 Å². The Morgan fingerprint density at radius 3 is 2.70 bits per heavy atom. The highest BCUT2D eigenvalue weighted by Crippen LogP contribution is 2.21. The highest BCUT2D eigenvalue weighted by molar-refractivity contribution is 7.99. The molecule has 0 fully saturated rings. The Morgan fingerprint density at radius 1 is 1.15 bits per heavy atom. The maximum absolute atomic E-state index is 12.1. The van der Waals surface area contributed by atoms with Crippen molar-refractivity contribution in [1.29, 1.82) is 0 Å². The lowest BCUT2D eigenvalue weighted by Crippen LogP contribution is -2.14. The van der Waals surface area contributed by atoms with Crippen molar-refractivity contribution < 1.29 is 4.79 Å². The summed E-state index contributed by atoms with van der Waals surface area (Å²) >= 11 is 2.70. The maximum Gasteiger partial charge on any atom is 0.236 e. The molecule has 136 valence electrons. The number of nitrogens with zero attached hydrogens (tertiary/aromatic N) is 5. The Kier molecular flexibility index (Phi) is 4.87. The van der Waals surface area contributed by atoms with E-state index in [0.29, 0.717) is 15.9 Å². The molecule has 0 aliphatic rings. The summed E-state index contributed by atoms with van der Waals surface area (Å²) in [5.74, 6) is 0.0661. The standard InChI is InChI=1S/C18H16N6OS2/c1-11-3-5-13(6-4-11)14-7-8-15-21-22-18(24(15)23-14)27-10-16(25)20-17-19-12(2)9-26-17/h3-9H,10H2,1-2H3,(H,19,20,25). The van der Waals surface area contributed by atoms with Gasteiger partial charge in [-0.25, -0.2) is 4.98 Å². The summed E-state index contributed by atoms with van der Waals surface area (Å²) in [6.07, 6.45) is 0. The molecule has 3 heterocycles. The summed E-state index contributed by atoms with van der Waals surface area (Å²) in [6.45, 7) is 3.94. The predicted molar refractivity (Wildman–Crippen MR) is 107 cm³/mol. The number of anilines is 1. The van der Waals surface area contributed by atoms with Crippen LogP contribution in [0.3, 0.4) is 0 Å². The molecule has 0 radical (unpaired) electrons. The first-order chi connectivity index (χ1) is 13.1. The van der Waals surface area contributed by atoms with Gasteiger partial charge in [-0.2, -0.15) is 9.61 Å². The van der Waals surface area contributed by atoms with Gasteiger partial charge in [0.05, 0.1) is 17.1 Å². The van der Waals surface area contributed by atoms with Crippen LogP contribution in [0.15, 0.2) is 46.9 Å². The average molecular weight is 397 g/mol. The van der Waals surface area contributed by atoms with Crippen molar-refractivity contribution in [2.75, 3.05) is 11.1 Å². The second kappa shape index (κ2) is 7.45. The van der Waals surface area contributed by atoms with Gasteiger partial charge >= 0.3 is 0 Å². The molecule has 1 amide bonds. The van der Waals surface area contributed by atoms with E-state index < -0.39 is 0 Å². The number of aryl methyl sites for hydroxylation is 2. The first-order valence-corrected chi connectivity index (χ1v) is 10.1. The number of rotatable bonds is 5. The minimum Gasteiger partial charge on any atom is -0.301 e. The molecule has 0 aliphatic heterocycles. The summed E-state index contributed by atoms with van der Waals surface area (Å²) < 4.78 is 1.67. The Bertz CT molecular complexity index is 1100. The van der Waals surface area contributed by atoms with Gasteiger partial charge in [-0.3, -0.25) is 4.79 Å². The van der Waals surface area contributed by atoms with E-state index in [0.717, 1.165) is 17.0 Å². The number of thioether (sulfide) groups is 1. The summed E-state index contributed by atoms with van der Waals surface area (Å²) in [5.41, 5.74) is 4.57. The zero-order chi connectivity index (χ0) is 18.8. The van der Waals surface area contributed by atoms with E-state index in [1.807, 2.05) is 55.6 Å². The van der Waals surface area contributed by atoms with E-state index in [9.17, 15) is 4.79 Å². The maximum atomic E-state index is 12.1. The smallest absolute Gasteiger partial charge is 0.236 e. The molecule has 0 bridgehead atoms. The van der Waals surface area contributed by atoms with Crippen molar-refractivity contribution in [3.8, 4) is 11.3 Å². The number of hydrogen-bond donors (Lipinski definition) is 1. The molecule has 4 aromatic rings. The van der Waals surface area contributed by atoms with Crippen LogP contribution in [-0.4, -0.2) is 36.5 Å². The van der Waals surface area contributed by atoms with Gasteiger partial charge in [-0.05, 0) is 26.0 Å². The number of aromatic nitrogens is 5. The Morgan fingerprint density at radius 2 is 1.96 bits per heavy atom. The fraction of sp³-hybridized carbons (Fsp3) is 0.167. The molecule has 0 spiro atoms. The highest BCUT2D eigenvalue weighted by Gasteiger charge is 2.12. The molecule has 27 heavy (non-hydrogen) atoms. The quantitative estimate of drug-likeness (QED) is 0.519. The topological polar surface area (TPSA) is 85.1 Å². The minimum absolute atomic E-state index is 0.138. The largest absolute Gasteiger partial charge is 0.301 e. The van der Waals surface area contributed by atoms with Gasteiger partial charge < -0.3 is 5.32 Å². The second-order valence-corrected chi connectivity index (χ2v) is 7.77. The molecule has 7 nitrogen and oxygen atoms in total. The molecule has 1 N–H and O–H groups in total. The van der Waals surface area contributed by atoms with E-state index in [-0.39, 0.29) is 11.7 Å². The second-order valence-electron chi connectivity index (χ2n) is 5.97. The molecular weight excluding hydrogens is 380 g/mol. The fourth-order valence-electron chi connectivity index (χ4n) is 2.43. The molecule has 0 saturated carbocycles. The van der Waals surface area contributed by atoms with Crippen molar-refractivity contribution in [1.82, 2.24) is 24.8 Å². The van der Waals surface area contributed by atoms with Crippen molar-refractivity contribution in [3.05, 3.63) is 53.0 Å². The van der Waals surface area contributed by atoms with E-state index in [1.54, 1.807) is 4.52 Å². The number of carbonyl (C=O) groups excluding carboxylic acids is 1. The monoisotopic (exact) mass is 396 g/mol. The Balaban J connectivity index is 1.50. The third-order valence-electron chi connectivity index (χ3n) is 3.78. The zero-order valence-corrected chi connectivity index (χ0v) is 16.3. The number of hydrogen-bond acceptors (Lipinski definition) is 7. The van der Waals surface area contributed by atoms with Crippen LogP contribution in [0.1, 0.15) is 11.3 Å². The average Bonchev–Trinajstić information content (AvgIpc) is 3.26. The van der Waals surface area contributed by atoms with Gasteiger partial charge in [0.15, 0.2) is 10.8 Å². The summed E-state index contributed by atoms with van der Waals surface area (Å²) in [6, 6.07) is 12.0. The van der Waals surface area contributed by atoms with E-state index in [1.165, 1.54) is 28.7 Å². The number of nitrogens with one attached hydrogen (secondary N) is 1. The third-order valence-corrected chi connectivity index (χ3v) is 5.57. The normalized spacial score (nSPS) is 11.0. The molecule has 0 saturated heterocycles. The van der Waals surface area contributed by atoms with Crippen LogP contribution in [0, 0.1) is 13.8 Å². The van der Waals surface area contributed by atoms with Gasteiger partial charge in [-0.15, -0.1) is 21.5 Å². The molecule has 1 aromatic carbocycles. The fourth-order valence-corrected chi connectivity index (χ4v) is 3.83.